The number of rotatable bonds is 0. The third-order valence-electron chi connectivity index (χ3n) is 8.28. The van der Waals surface area contributed by atoms with Crippen molar-refractivity contribution >= 4 is 11.8 Å². The van der Waals surface area contributed by atoms with Crippen LogP contribution in [0.1, 0.15) is 46.0 Å². The number of fused-ring (bicyclic) bond motifs is 1. The molecule has 0 radical (unpaired) electrons. The summed E-state index contributed by atoms with van der Waals surface area (Å²) in [5, 5.41) is 10.7. The molecule has 3 aliphatic carbocycles. The zero-order valence-corrected chi connectivity index (χ0v) is 14.9. The van der Waals surface area contributed by atoms with Crippen molar-refractivity contribution in [2.45, 2.75) is 58.3 Å². The Morgan fingerprint density at radius 3 is 2.72 bits per heavy atom. The lowest BCUT2D eigenvalue weighted by atomic mass is 9.44. The second-order valence-corrected chi connectivity index (χ2v) is 9.57. The summed E-state index contributed by atoms with van der Waals surface area (Å²) in [4.78, 5) is 26.2. The molecule has 2 heterocycles. The number of carbonyl (C=O) groups excluding carboxylic acids is 2. The molecule has 5 aliphatic rings. The van der Waals surface area contributed by atoms with E-state index in [2.05, 4.69) is 20.4 Å². The summed E-state index contributed by atoms with van der Waals surface area (Å²) in [6.07, 6.45) is 2.77. The Morgan fingerprint density at radius 1 is 1.20 bits per heavy atom. The topological polar surface area (TPSA) is 72.8 Å². The molecule has 2 aliphatic heterocycles. The highest BCUT2D eigenvalue weighted by atomic mass is 16.6. The molecule has 0 unspecified atom stereocenters. The van der Waals surface area contributed by atoms with E-state index in [1.54, 1.807) is 0 Å². The highest BCUT2D eigenvalue weighted by Crippen LogP contribution is 2.71. The zero-order chi connectivity index (χ0) is 17.8. The van der Waals surface area contributed by atoms with E-state index in [9.17, 15) is 14.7 Å². The number of ether oxygens (including phenoxy) is 2. The molecule has 5 rings (SSSR count). The van der Waals surface area contributed by atoms with E-state index in [4.69, 9.17) is 9.47 Å². The fourth-order valence-corrected chi connectivity index (χ4v) is 7.27. The minimum Gasteiger partial charge on any atom is -0.461 e. The van der Waals surface area contributed by atoms with Gasteiger partial charge in [0.2, 0.25) is 0 Å². The SMILES string of the molecule is C=C1C(=O)[C@]23C[C@H]1CC[C@@H]2[C@@]12CO[C@@H](O)[C@@H]1C(C)(C)CC[C@@H]2OC3=O. The molecule has 5 heteroatoms. The van der Waals surface area contributed by atoms with Crippen molar-refractivity contribution in [3.05, 3.63) is 12.2 Å². The number of carbonyl (C=O) groups is 2. The minimum absolute atomic E-state index is 0.103. The summed E-state index contributed by atoms with van der Waals surface area (Å²) >= 11 is 0. The zero-order valence-electron chi connectivity index (χ0n) is 14.9. The quantitative estimate of drug-likeness (QED) is 0.414. The summed E-state index contributed by atoms with van der Waals surface area (Å²) in [6.45, 7) is 8.69. The Kier molecular flexibility index (Phi) is 2.91. The maximum atomic E-state index is 13.2. The van der Waals surface area contributed by atoms with Crippen LogP contribution in [0.25, 0.3) is 0 Å². The van der Waals surface area contributed by atoms with Gasteiger partial charge in [0.1, 0.15) is 11.5 Å². The van der Waals surface area contributed by atoms with Crippen LogP contribution in [0.4, 0.5) is 0 Å². The van der Waals surface area contributed by atoms with Crippen molar-refractivity contribution in [3.8, 4) is 0 Å². The molecular formula is C20H26O5. The van der Waals surface area contributed by atoms with Gasteiger partial charge in [-0.1, -0.05) is 20.4 Å². The van der Waals surface area contributed by atoms with Crippen molar-refractivity contribution in [1.29, 1.82) is 0 Å². The Hall–Kier alpha value is -1.20. The van der Waals surface area contributed by atoms with Gasteiger partial charge in [-0.25, -0.2) is 0 Å². The van der Waals surface area contributed by atoms with Crippen LogP contribution in [-0.4, -0.2) is 35.9 Å². The second-order valence-electron chi connectivity index (χ2n) is 9.57. The molecule has 2 spiro atoms. The number of aliphatic hydroxyl groups is 1. The van der Waals surface area contributed by atoms with Gasteiger partial charge in [-0.2, -0.15) is 0 Å². The Labute approximate surface area is 147 Å². The van der Waals surface area contributed by atoms with E-state index in [0.717, 1.165) is 25.7 Å². The smallest absolute Gasteiger partial charge is 0.320 e. The molecule has 25 heavy (non-hydrogen) atoms. The predicted molar refractivity (Wildman–Crippen MR) is 88.2 cm³/mol. The number of ketones is 1. The normalized spacial score (nSPS) is 53.1. The lowest BCUT2D eigenvalue weighted by molar-refractivity contribution is -0.236. The molecule has 7 atom stereocenters. The van der Waals surface area contributed by atoms with Crippen LogP contribution >= 0.6 is 0 Å². The van der Waals surface area contributed by atoms with Crippen molar-refractivity contribution < 1.29 is 24.2 Å². The Balaban J connectivity index is 1.71. The van der Waals surface area contributed by atoms with Crippen molar-refractivity contribution in [1.82, 2.24) is 0 Å². The lowest BCUT2D eigenvalue weighted by Gasteiger charge is -2.61. The first-order valence-electron chi connectivity index (χ1n) is 9.49. The first-order valence-corrected chi connectivity index (χ1v) is 9.49. The first kappa shape index (κ1) is 16.0. The van der Waals surface area contributed by atoms with Crippen molar-refractivity contribution in [3.63, 3.8) is 0 Å². The van der Waals surface area contributed by atoms with Gasteiger partial charge in [-0.3, -0.25) is 9.59 Å². The van der Waals surface area contributed by atoms with Gasteiger partial charge in [0, 0.05) is 11.3 Å². The standard InChI is InChI=1S/C20H26O5/c1-10-11-4-5-12-19(8-11,15(10)21)17(23)25-13-6-7-18(2,3)14-16(22)24-9-20(12,13)14/h11-14,16,22H,1,4-9H2,2-3H3/t11-,12+,13+,14-,16-,19+,20-/m1/s1. The monoisotopic (exact) mass is 346 g/mol. The van der Waals surface area contributed by atoms with Crippen LogP contribution in [0.3, 0.4) is 0 Å². The third kappa shape index (κ3) is 1.59. The van der Waals surface area contributed by atoms with E-state index >= 15 is 0 Å². The van der Waals surface area contributed by atoms with E-state index in [1.165, 1.54) is 0 Å². The first-order chi connectivity index (χ1) is 11.7. The minimum atomic E-state index is -1.09. The largest absolute Gasteiger partial charge is 0.461 e. The Morgan fingerprint density at radius 2 is 1.96 bits per heavy atom. The number of esters is 1. The molecule has 1 N–H and O–H groups in total. The average molecular weight is 346 g/mol. The van der Waals surface area contributed by atoms with Crippen LogP contribution in [0.2, 0.25) is 0 Å². The molecule has 2 bridgehead atoms. The van der Waals surface area contributed by atoms with Crippen LogP contribution < -0.4 is 0 Å². The van der Waals surface area contributed by atoms with Gasteiger partial charge in [0.15, 0.2) is 12.1 Å². The molecule has 5 fully saturated rings. The van der Waals surface area contributed by atoms with Gasteiger partial charge in [-0.05, 0) is 54.9 Å². The molecule has 0 aromatic rings. The van der Waals surface area contributed by atoms with Crippen LogP contribution in [-0.2, 0) is 19.1 Å². The summed E-state index contributed by atoms with van der Waals surface area (Å²) < 4.78 is 11.7. The highest BCUT2D eigenvalue weighted by Gasteiger charge is 2.77. The number of hydrogen-bond acceptors (Lipinski definition) is 5. The van der Waals surface area contributed by atoms with Crippen LogP contribution in [0, 0.1) is 34.0 Å². The van der Waals surface area contributed by atoms with Crippen molar-refractivity contribution in [2.24, 2.45) is 34.0 Å². The summed E-state index contributed by atoms with van der Waals surface area (Å²) in [5.74, 6) is -0.586. The van der Waals surface area contributed by atoms with Gasteiger partial charge in [0.05, 0.1) is 6.61 Å². The van der Waals surface area contributed by atoms with Gasteiger partial charge < -0.3 is 14.6 Å². The summed E-state index contributed by atoms with van der Waals surface area (Å²) in [6, 6.07) is 0. The number of Topliss-reactive ketones (excluding diaryl/α,β-unsaturated/α-hetero) is 1. The molecule has 136 valence electrons. The maximum absolute atomic E-state index is 13.2. The molecule has 0 amide bonds. The van der Waals surface area contributed by atoms with E-state index in [1.807, 2.05) is 0 Å². The van der Waals surface area contributed by atoms with Crippen LogP contribution in [0.15, 0.2) is 12.2 Å². The van der Waals surface area contributed by atoms with E-state index in [-0.39, 0.29) is 41.0 Å². The van der Waals surface area contributed by atoms with E-state index < -0.39 is 17.1 Å². The van der Waals surface area contributed by atoms with E-state index in [0.29, 0.717) is 18.6 Å². The average Bonchev–Trinajstić information content (AvgIpc) is 3.01. The Bertz CT molecular complexity index is 696. The molecule has 0 aromatic heterocycles. The lowest BCUT2D eigenvalue weighted by Crippen LogP contribution is -2.68. The molecule has 3 saturated carbocycles. The third-order valence-corrected chi connectivity index (χ3v) is 8.28. The number of hydrogen-bond donors (Lipinski definition) is 1. The van der Waals surface area contributed by atoms with Crippen molar-refractivity contribution in [2.75, 3.05) is 6.61 Å². The maximum Gasteiger partial charge on any atom is 0.320 e. The predicted octanol–water partition coefficient (Wildman–Crippen LogP) is 2.22. The summed E-state index contributed by atoms with van der Waals surface area (Å²) in [5.41, 5.74) is -1.07. The van der Waals surface area contributed by atoms with Crippen LogP contribution in [0.5, 0.6) is 0 Å². The second kappa shape index (κ2) is 4.55. The van der Waals surface area contributed by atoms with Gasteiger partial charge in [-0.15, -0.1) is 0 Å². The van der Waals surface area contributed by atoms with Gasteiger partial charge in [0.25, 0.3) is 0 Å². The molecular weight excluding hydrogens is 320 g/mol. The number of allylic oxidation sites excluding steroid dienone is 1. The molecule has 2 saturated heterocycles. The van der Waals surface area contributed by atoms with Gasteiger partial charge >= 0.3 is 5.97 Å². The fraction of sp³-hybridized carbons (Fsp3) is 0.800. The fourth-order valence-electron chi connectivity index (χ4n) is 7.27. The molecule has 5 nitrogen and oxygen atoms in total. The highest BCUT2D eigenvalue weighted by molar-refractivity contribution is 6.15. The number of aliphatic hydroxyl groups excluding tert-OH is 1. The summed E-state index contributed by atoms with van der Waals surface area (Å²) in [7, 11) is 0. The molecule has 0 aromatic carbocycles.